The second kappa shape index (κ2) is 4.74. The van der Waals surface area contributed by atoms with Crippen LogP contribution in [0.2, 0.25) is 0 Å². The molecule has 0 fully saturated rings. The Balaban J connectivity index is 2.49. The number of carbonyl (C=O) groups excluding carboxylic acids is 1. The summed E-state index contributed by atoms with van der Waals surface area (Å²) >= 11 is 0. The highest BCUT2D eigenvalue weighted by Crippen LogP contribution is 2.16. The van der Waals surface area contributed by atoms with E-state index in [1.807, 2.05) is 25.1 Å². The molecular formula is C13H13N3O. The number of nitrogens with zero attached hydrogens (tertiary/aromatic N) is 2. The van der Waals surface area contributed by atoms with Gasteiger partial charge in [-0.05, 0) is 31.2 Å². The Hall–Kier alpha value is -2.23. The van der Waals surface area contributed by atoms with Gasteiger partial charge in [0.05, 0.1) is 11.4 Å². The van der Waals surface area contributed by atoms with Gasteiger partial charge in [0.15, 0.2) is 0 Å². The lowest BCUT2D eigenvalue weighted by Gasteiger charge is -2.05. The first-order valence-corrected chi connectivity index (χ1v) is 5.33. The molecule has 4 heteroatoms. The Kier molecular flexibility index (Phi) is 3.14. The van der Waals surface area contributed by atoms with Crippen LogP contribution in [0, 0.1) is 6.92 Å². The molecule has 4 nitrogen and oxygen atoms in total. The summed E-state index contributed by atoms with van der Waals surface area (Å²) in [6.07, 6.45) is 1.71. The number of pyridine rings is 2. The van der Waals surface area contributed by atoms with Crippen molar-refractivity contribution in [1.29, 1.82) is 0 Å². The van der Waals surface area contributed by atoms with Gasteiger partial charge < -0.3 is 5.32 Å². The number of carbonyl (C=O) groups is 1. The molecule has 0 saturated carbocycles. The molecule has 1 N–H and O–H groups in total. The van der Waals surface area contributed by atoms with Crippen LogP contribution in [-0.2, 0) is 0 Å². The summed E-state index contributed by atoms with van der Waals surface area (Å²) in [6, 6.07) is 9.11. The lowest BCUT2D eigenvalue weighted by Crippen LogP contribution is -2.18. The summed E-state index contributed by atoms with van der Waals surface area (Å²) < 4.78 is 0. The lowest BCUT2D eigenvalue weighted by atomic mass is 10.1. The average molecular weight is 227 g/mol. The van der Waals surface area contributed by atoms with Gasteiger partial charge in [0.25, 0.3) is 5.91 Å². The van der Waals surface area contributed by atoms with Gasteiger partial charge in [0.2, 0.25) is 0 Å². The first-order chi connectivity index (χ1) is 8.20. The number of hydrogen-bond acceptors (Lipinski definition) is 3. The molecule has 0 aliphatic heterocycles. The lowest BCUT2D eigenvalue weighted by molar-refractivity contribution is 0.0963. The maximum atomic E-state index is 11.6. The van der Waals surface area contributed by atoms with Gasteiger partial charge in [0.1, 0.15) is 0 Å². The van der Waals surface area contributed by atoms with Crippen LogP contribution >= 0.6 is 0 Å². The number of amides is 1. The van der Waals surface area contributed by atoms with E-state index in [-0.39, 0.29) is 5.91 Å². The molecule has 0 atom stereocenters. The van der Waals surface area contributed by atoms with Crippen molar-refractivity contribution in [3.05, 3.63) is 47.8 Å². The van der Waals surface area contributed by atoms with Gasteiger partial charge >= 0.3 is 0 Å². The van der Waals surface area contributed by atoms with Gasteiger partial charge in [-0.15, -0.1) is 0 Å². The van der Waals surface area contributed by atoms with Crippen LogP contribution in [0.15, 0.2) is 36.5 Å². The highest BCUT2D eigenvalue weighted by atomic mass is 16.1. The molecule has 0 unspecified atom stereocenters. The SMILES string of the molecule is CNC(=O)c1cc(C)nc(-c2ccccn2)c1. The van der Waals surface area contributed by atoms with E-state index in [1.165, 1.54) is 0 Å². The van der Waals surface area contributed by atoms with Crippen LogP contribution in [0.4, 0.5) is 0 Å². The highest BCUT2D eigenvalue weighted by Gasteiger charge is 2.08. The largest absolute Gasteiger partial charge is 0.355 e. The molecule has 2 aromatic heterocycles. The Morgan fingerprint density at radius 2 is 2.06 bits per heavy atom. The van der Waals surface area contributed by atoms with Crippen LogP contribution in [0.5, 0.6) is 0 Å². The van der Waals surface area contributed by atoms with Crippen LogP contribution in [0.25, 0.3) is 11.4 Å². The molecule has 17 heavy (non-hydrogen) atoms. The Bertz CT molecular complexity index is 538. The second-order valence-corrected chi connectivity index (χ2v) is 3.68. The molecule has 0 radical (unpaired) electrons. The number of rotatable bonds is 2. The Labute approximate surface area is 99.7 Å². The van der Waals surface area contributed by atoms with Crippen LogP contribution in [-0.4, -0.2) is 22.9 Å². The van der Waals surface area contributed by atoms with Crippen LogP contribution in [0.1, 0.15) is 16.1 Å². The Morgan fingerprint density at radius 3 is 2.71 bits per heavy atom. The standard InChI is InChI=1S/C13H13N3O/c1-9-7-10(13(17)14-2)8-12(16-9)11-5-3-4-6-15-11/h3-8H,1-2H3,(H,14,17). The molecule has 0 aliphatic rings. The fraction of sp³-hybridized carbons (Fsp3) is 0.154. The van der Waals surface area contributed by atoms with E-state index in [9.17, 15) is 4.79 Å². The van der Waals surface area contributed by atoms with Gasteiger partial charge in [-0.1, -0.05) is 6.07 Å². The predicted octanol–water partition coefficient (Wildman–Crippen LogP) is 1.81. The van der Waals surface area contributed by atoms with E-state index in [4.69, 9.17) is 0 Å². The van der Waals surface area contributed by atoms with E-state index in [2.05, 4.69) is 15.3 Å². The number of aryl methyl sites for hydroxylation is 1. The molecule has 2 rings (SSSR count). The number of hydrogen-bond donors (Lipinski definition) is 1. The summed E-state index contributed by atoms with van der Waals surface area (Å²) in [5.41, 5.74) is 2.87. The molecular weight excluding hydrogens is 214 g/mol. The van der Waals surface area contributed by atoms with Gasteiger partial charge in [-0.25, -0.2) is 0 Å². The summed E-state index contributed by atoms with van der Waals surface area (Å²) in [5, 5.41) is 2.60. The molecule has 0 aliphatic carbocycles. The minimum Gasteiger partial charge on any atom is -0.355 e. The molecule has 2 heterocycles. The van der Waals surface area contributed by atoms with E-state index in [1.54, 1.807) is 25.4 Å². The zero-order valence-corrected chi connectivity index (χ0v) is 9.77. The van der Waals surface area contributed by atoms with Crippen molar-refractivity contribution in [1.82, 2.24) is 15.3 Å². The fourth-order valence-electron chi connectivity index (χ4n) is 1.59. The van der Waals surface area contributed by atoms with Gasteiger partial charge in [-0.2, -0.15) is 0 Å². The van der Waals surface area contributed by atoms with Crippen molar-refractivity contribution < 1.29 is 4.79 Å². The maximum absolute atomic E-state index is 11.6. The van der Waals surface area contributed by atoms with E-state index in [0.29, 0.717) is 11.3 Å². The van der Waals surface area contributed by atoms with E-state index < -0.39 is 0 Å². The smallest absolute Gasteiger partial charge is 0.251 e. The van der Waals surface area contributed by atoms with Crippen molar-refractivity contribution >= 4 is 5.91 Å². The molecule has 1 amide bonds. The van der Waals surface area contributed by atoms with Crippen molar-refractivity contribution in [2.75, 3.05) is 7.05 Å². The molecule has 86 valence electrons. The predicted molar refractivity (Wildman–Crippen MR) is 65.6 cm³/mol. The topological polar surface area (TPSA) is 54.9 Å². The fourth-order valence-corrected chi connectivity index (χ4v) is 1.59. The third-order valence-electron chi connectivity index (χ3n) is 2.37. The van der Waals surface area contributed by atoms with Crippen molar-refractivity contribution in [2.24, 2.45) is 0 Å². The third kappa shape index (κ3) is 2.47. The maximum Gasteiger partial charge on any atom is 0.251 e. The van der Waals surface area contributed by atoms with Crippen molar-refractivity contribution in [3.63, 3.8) is 0 Å². The molecule has 0 spiro atoms. The highest BCUT2D eigenvalue weighted by molar-refractivity contribution is 5.94. The third-order valence-corrected chi connectivity index (χ3v) is 2.37. The van der Waals surface area contributed by atoms with Gasteiger partial charge in [-0.3, -0.25) is 14.8 Å². The average Bonchev–Trinajstić information content (AvgIpc) is 2.38. The minimum atomic E-state index is -0.118. The second-order valence-electron chi connectivity index (χ2n) is 3.68. The summed E-state index contributed by atoms with van der Waals surface area (Å²) in [4.78, 5) is 20.2. The minimum absolute atomic E-state index is 0.118. The summed E-state index contributed by atoms with van der Waals surface area (Å²) in [5.74, 6) is -0.118. The summed E-state index contributed by atoms with van der Waals surface area (Å²) in [6.45, 7) is 1.86. The normalized spacial score (nSPS) is 10.0. The molecule has 0 saturated heterocycles. The van der Waals surface area contributed by atoms with Crippen molar-refractivity contribution in [3.8, 4) is 11.4 Å². The van der Waals surface area contributed by atoms with Gasteiger partial charge in [0, 0.05) is 24.5 Å². The van der Waals surface area contributed by atoms with Crippen molar-refractivity contribution in [2.45, 2.75) is 6.92 Å². The Morgan fingerprint density at radius 1 is 1.24 bits per heavy atom. The van der Waals surface area contributed by atoms with E-state index in [0.717, 1.165) is 11.4 Å². The van der Waals surface area contributed by atoms with Crippen LogP contribution in [0.3, 0.4) is 0 Å². The quantitative estimate of drug-likeness (QED) is 0.851. The number of nitrogens with one attached hydrogen (secondary N) is 1. The first kappa shape index (κ1) is 11.3. The molecule has 2 aromatic rings. The van der Waals surface area contributed by atoms with Crippen LogP contribution < -0.4 is 5.32 Å². The monoisotopic (exact) mass is 227 g/mol. The first-order valence-electron chi connectivity index (χ1n) is 5.33. The molecule has 0 aromatic carbocycles. The molecule has 0 bridgehead atoms. The summed E-state index contributed by atoms with van der Waals surface area (Å²) in [7, 11) is 1.61. The van der Waals surface area contributed by atoms with E-state index >= 15 is 0 Å². The zero-order valence-electron chi connectivity index (χ0n) is 9.77. The number of aromatic nitrogens is 2. The zero-order chi connectivity index (χ0) is 12.3.